The van der Waals surface area contributed by atoms with Crippen molar-refractivity contribution in [2.75, 3.05) is 5.32 Å². The maximum atomic E-state index is 13.6. The molecular formula is C13H7BrClF2NO. The molecule has 0 atom stereocenters. The molecule has 0 spiro atoms. The second-order valence-corrected chi connectivity index (χ2v) is 5.00. The lowest BCUT2D eigenvalue weighted by Gasteiger charge is -2.09. The Morgan fingerprint density at radius 1 is 1.16 bits per heavy atom. The van der Waals surface area contributed by atoms with E-state index < -0.39 is 23.2 Å². The molecule has 98 valence electrons. The maximum Gasteiger partial charge on any atom is 0.257 e. The molecule has 2 aromatic carbocycles. The van der Waals surface area contributed by atoms with Gasteiger partial charge >= 0.3 is 0 Å². The molecule has 0 radical (unpaired) electrons. The average Bonchev–Trinajstić information content (AvgIpc) is 2.34. The van der Waals surface area contributed by atoms with Crippen molar-refractivity contribution in [1.29, 1.82) is 0 Å². The van der Waals surface area contributed by atoms with Gasteiger partial charge in [-0.15, -0.1) is 0 Å². The predicted octanol–water partition coefficient (Wildman–Crippen LogP) is 4.63. The Balaban J connectivity index is 2.32. The van der Waals surface area contributed by atoms with Crippen LogP contribution in [0.25, 0.3) is 0 Å². The van der Waals surface area contributed by atoms with Crippen molar-refractivity contribution in [2.24, 2.45) is 0 Å². The van der Waals surface area contributed by atoms with Crippen LogP contribution in [0.2, 0.25) is 5.02 Å². The molecule has 2 rings (SSSR count). The number of nitrogens with one attached hydrogen (secondary N) is 1. The van der Waals surface area contributed by atoms with Crippen LogP contribution >= 0.6 is 27.5 Å². The van der Waals surface area contributed by atoms with Gasteiger partial charge in [0, 0.05) is 4.47 Å². The summed E-state index contributed by atoms with van der Waals surface area (Å²) in [5.74, 6) is -2.41. The molecular weight excluding hydrogens is 340 g/mol. The van der Waals surface area contributed by atoms with Crippen molar-refractivity contribution < 1.29 is 13.6 Å². The first kappa shape index (κ1) is 14.0. The van der Waals surface area contributed by atoms with Crippen molar-refractivity contribution in [2.45, 2.75) is 0 Å². The molecule has 2 nitrogen and oxygen atoms in total. The van der Waals surface area contributed by atoms with E-state index in [1.54, 1.807) is 12.1 Å². The smallest absolute Gasteiger partial charge is 0.257 e. The Kier molecular flexibility index (Phi) is 4.17. The van der Waals surface area contributed by atoms with Gasteiger partial charge in [0.15, 0.2) is 11.6 Å². The van der Waals surface area contributed by atoms with Gasteiger partial charge in [0.25, 0.3) is 5.91 Å². The summed E-state index contributed by atoms with van der Waals surface area (Å²) in [6, 6.07) is 8.36. The van der Waals surface area contributed by atoms with Gasteiger partial charge in [-0.1, -0.05) is 39.7 Å². The van der Waals surface area contributed by atoms with Crippen LogP contribution in [0.15, 0.2) is 40.9 Å². The highest BCUT2D eigenvalue weighted by atomic mass is 79.9. The van der Waals surface area contributed by atoms with Crippen molar-refractivity contribution in [3.05, 3.63) is 63.1 Å². The highest BCUT2D eigenvalue weighted by Crippen LogP contribution is 2.25. The van der Waals surface area contributed by atoms with Gasteiger partial charge in [-0.2, -0.15) is 0 Å². The van der Waals surface area contributed by atoms with E-state index in [1.165, 1.54) is 12.1 Å². The summed E-state index contributed by atoms with van der Waals surface area (Å²) in [6.45, 7) is 0. The van der Waals surface area contributed by atoms with Crippen molar-refractivity contribution in [3.63, 3.8) is 0 Å². The number of hydrogen-bond donors (Lipinski definition) is 1. The first-order valence-corrected chi connectivity index (χ1v) is 6.36. The molecule has 0 aliphatic heterocycles. The Hall–Kier alpha value is -1.46. The summed E-state index contributed by atoms with van der Waals surface area (Å²) in [4.78, 5) is 11.9. The van der Waals surface area contributed by atoms with E-state index in [2.05, 4.69) is 21.2 Å². The fourth-order valence-electron chi connectivity index (χ4n) is 1.49. The Bertz CT molecular complexity index is 625. The minimum absolute atomic E-state index is 0.144. The van der Waals surface area contributed by atoms with E-state index in [9.17, 15) is 13.6 Å². The zero-order chi connectivity index (χ0) is 14.0. The molecule has 0 aromatic heterocycles. The van der Waals surface area contributed by atoms with Crippen LogP contribution in [-0.4, -0.2) is 5.91 Å². The van der Waals surface area contributed by atoms with Crippen molar-refractivity contribution >= 4 is 39.1 Å². The number of benzene rings is 2. The lowest BCUT2D eigenvalue weighted by atomic mass is 10.2. The van der Waals surface area contributed by atoms with E-state index in [0.717, 1.165) is 12.1 Å². The first-order valence-electron chi connectivity index (χ1n) is 5.19. The molecule has 0 aliphatic carbocycles. The van der Waals surface area contributed by atoms with Crippen molar-refractivity contribution in [1.82, 2.24) is 0 Å². The average molecular weight is 347 g/mol. The molecule has 19 heavy (non-hydrogen) atoms. The zero-order valence-corrected chi connectivity index (χ0v) is 11.7. The third-order valence-corrected chi connectivity index (χ3v) is 3.15. The van der Waals surface area contributed by atoms with E-state index in [4.69, 9.17) is 11.6 Å². The second kappa shape index (κ2) is 5.67. The Morgan fingerprint density at radius 2 is 1.74 bits per heavy atom. The minimum atomic E-state index is -0.868. The molecule has 0 saturated heterocycles. The third-order valence-electron chi connectivity index (χ3n) is 2.36. The number of hydrogen-bond acceptors (Lipinski definition) is 1. The quantitative estimate of drug-likeness (QED) is 0.844. The van der Waals surface area contributed by atoms with Crippen LogP contribution in [0, 0.1) is 11.6 Å². The van der Waals surface area contributed by atoms with Crippen LogP contribution in [0.3, 0.4) is 0 Å². The summed E-state index contributed by atoms with van der Waals surface area (Å²) in [7, 11) is 0. The zero-order valence-electron chi connectivity index (χ0n) is 9.38. The number of carbonyl (C=O) groups excluding carboxylic acids is 1. The van der Waals surface area contributed by atoms with Gasteiger partial charge in [0.2, 0.25) is 0 Å². The number of anilines is 1. The highest BCUT2D eigenvalue weighted by Gasteiger charge is 2.16. The Labute approximate surface area is 121 Å². The van der Waals surface area contributed by atoms with Gasteiger partial charge in [-0.25, -0.2) is 8.78 Å². The number of amides is 1. The molecule has 0 bridgehead atoms. The summed E-state index contributed by atoms with van der Waals surface area (Å²) < 4.78 is 27.4. The Morgan fingerprint density at radius 3 is 2.32 bits per heavy atom. The van der Waals surface area contributed by atoms with Crippen LogP contribution in [0.5, 0.6) is 0 Å². The van der Waals surface area contributed by atoms with E-state index in [-0.39, 0.29) is 15.1 Å². The molecule has 1 amide bonds. The number of halogens is 4. The molecule has 0 fully saturated rings. The molecule has 0 saturated carbocycles. The van der Waals surface area contributed by atoms with Gasteiger partial charge in [0.1, 0.15) is 5.69 Å². The lowest BCUT2D eigenvalue weighted by molar-refractivity contribution is 0.102. The van der Waals surface area contributed by atoms with E-state index in [0.29, 0.717) is 0 Å². The lowest BCUT2D eigenvalue weighted by Crippen LogP contribution is -2.14. The maximum absolute atomic E-state index is 13.6. The highest BCUT2D eigenvalue weighted by molar-refractivity contribution is 9.10. The van der Waals surface area contributed by atoms with Crippen molar-refractivity contribution in [3.8, 4) is 0 Å². The third kappa shape index (κ3) is 3.11. The van der Waals surface area contributed by atoms with Gasteiger partial charge in [0.05, 0.1) is 10.6 Å². The molecule has 1 N–H and O–H groups in total. The molecule has 6 heteroatoms. The van der Waals surface area contributed by atoms with Crippen LogP contribution in [0.4, 0.5) is 14.5 Å². The summed E-state index contributed by atoms with van der Waals surface area (Å²) >= 11 is 8.79. The number of carbonyl (C=O) groups is 1. The number of rotatable bonds is 2. The first-order chi connectivity index (χ1) is 8.99. The summed E-state index contributed by atoms with van der Waals surface area (Å²) in [5.41, 5.74) is -0.362. The minimum Gasteiger partial charge on any atom is -0.317 e. The fourth-order valence-corrected chi connectivity index (χ4v) is 2.11. The topological polar surface area (TPSA) is 29.1 Å². The summed E-state index contributed by atoms with van der Waals surface area (Å²) in [6.07, 6.45) is 0. The SMILES string of the molecule is O=C(Nc1c(F)cc(Br)cc1F)c1ccccc1Cl. The fraction of sp³-hybridized carbons (Fsp3) is 0. The van der Waals surface area contributed by atoms with Gasteiger partial charge < -0.3 is 5.32 Å². The molecule has 0 unspecified atom stereocenters. The van der Waals surface area contributed by atoms with Gasteiger partial charge in [-0.3, -0.25) is 4.79 Å². The summed E-state index contributed by atoms with van der Waals surface area (Å²) in [5, 5.41) is 2.38. The van der Waals surface area contributed by atoms with E-state index >= 15 is 0 Å². The monoisotopic (exact) mass is 345 g/mol. The predicted molar refractivity (Wildman–Crippen MR) is 73.5 cm³/mol. The molecule has 0 aliphatic rings. The molecule has 0 heterocycles. The standard InChI is InChI=1S/C13H7BrClF2NO/c14-7-5-10(16)12(11(17)6-7)18-13(19)8-3-1-2-4-9(8)15/h1-6H,(H,18,19). The van der Waals surface area contributed by atoms with Crippen LogP contribution in [-0.2, 0) is 0 Å². The second-order valence-electron chi connectivity index (χ2n) is 3.68. The van der Waals surface area contributed by atoms with Crippen LogP contribution < -0.4 is 5.32 Å². The largest absolute Gasteiger partial charge is 0.317 e. The molecule has 2 aromatic rings. The normalized spacial score (nSPS) is 10.3. The van der Waals surface area contributed by atoms with Crippen LogP contribution in [0.1, 0.15) is 10.4 Å². The van der Waals surface area contributed by atoms with E-state index in [1.807, 2.05) is 0 Å². The van der Waals surface area contributed by atoms with Gasteiger partial charge in [-0.05, 0) is 24.3 Å².